The van der Waals surface area contributed by atoms with Gasteiger partial charge in [0.05, 0.1) is 5.60 Å². The maximum Gasteiger partial charge on any atom is 0.322 e. The van der Waals surface area contributed by atoms with E-state index in [1.54, 1.807) is 7.11 Å². The Morgan fingerprint density at radius 2 is 1.47 bits per heavy atom. The molecule has 1 aromatic carbocycles. The lowest BCUT2D eigenvalue weighted by Gasteiger charge is -2.14. The van der Waals surface area contributed by atoms with E-state index < -0.39 is 5.97 Å². The van der Waals surface area contributed by atoms with Crippen LogP contribution in [0, 0.1) is 0 Å². The van der Waals surface area contributed by atoms with E-state index in [2.05, 4.69) is 0 Å². The summed E-state index contributed by atoms with van der Waals surface area (Å²) in [4.78, 5) is 18.9. The van der Waals surface area contributed by atoms with E-state index in [0.29, 0.717) is 6.41 Å². The molecule has 0 heterocycles. The Balaban J connectivity index is 0. The Kier molecular flexibility index (Phi) is 12.9. The van der Waals surface area contributed by atoms with Crippen molar-refractivity contribution in [2.24, 2.45) is 0 Å². The second-order valence-corrected chi connectivity index (χ2v) is 4.36. The Morgan fingerprint density at radius 3 is 1.58 bits per heavy atom. The van der Waals surface area contributed by atoms with Gasteiger partial charge in [-0.1, -0.05) is 36.4 Å². The van der Waals surface area contributed by atoms with E-state index in [-0.39, 0.29) is 12.1 Å². The van der Waals surface area contributed by atoms with Crippen molar-refractivity contribution in [3.8, 4) is 0 Å². The molecule has 5 heteroatoms. The average molecular weight is 269 g/mol. The molecule has 0 spiro atoms. The first kappa shape index (κ1) is 19.5. The van der Waals surface area contributed by atoms with E-state index in [4.69, 9.17) is 9.84 Å². The zero-order valence-electron chi connectivity index (χ0n) is 11.9. The fraction of sp³-hybridized carbons (Fsp3) is 0.429. The minimum Gasteiger partial charge on any atom is -0.480 e. The first-order valence-corrected chi connectivity index (χ1v) is 5.77. The number of amides is 1. The van der Waals surface area contributed by atoms with Crippen molar-refractivity contribution >= 4 is 12.4 Å². The number of benzene rings is 1. The van der Waals surface area contributed by atoms with Gasteiger partial charge in [0.2, 0.25) is 6.41 Å². The van der Waals surface area contributed by atoms with Gasteiger partial charge >= 0.3 is 5.97 Å². The van der Waals surface area contributed by atoms with E-state index in [0.717, 1.165) is 0 Å². The lowest BCUT2D eigenvalue weighted by Crippen LogP contribution is -2.20. The molecule has 19 heavy (non-hydrogen) atoms. The zero-order valence-corrected chi connectivity index (χ0v) is 11.9. The number of ether oxygens (including phenoxy) is 1. The van der Waals surface area contributed by atoms with Gasteiger partial charge in [-0.3, -0.25) is 9.59 Å². The molecule has 0 aliphatic rings. The molecule has 1 rings (SSSR count). The second-order valence-electron chi connectivity index (χ2n) is 4.36. The molecule has 0 fully saturated rings. The molecule has 0 unspecified atom stereocenters. The molecule has 0 saturated heterocycles. The highest BCUT2D eigenvalue weighted by Crippen LogP contribution is 2.02. The zero-order chi connectivity index (χ0) is 15.1. The van der Waals surface area contributed by atoms with Crippen LogP contribution in [-0.4, -0.2) is 36.7 Å². The molecule has 1 amide bonds. The standard InChI is InChI=1S/C6H6.C5H12O.C3H5NO3/c1-2-4-6-5-3-1;1-5(2,3)6-4;5-2-4-1-3(6)7/h1-6H;1-4H3;2H,1H2,(H,4,5)(H,6,7). The summed E-state index contributed by atoms with van der Waals surface area (Å²) in [5.41, 5.74) is 0.0417. The van der Waals surface area contributed by atoms with Crippen molar-refractivity contribution in [3.63, 3.8) is 0 Å². The molecule has 0 radical (unpaired) electrons. The van der Waals surface area contributed by atoms with Gasteiger partial charge in [0.1, 0.15) is 6.54 Å². The van der Waals surface area contributed by atoms with Crippen LogP contribution in [0.5, 0.6) is 0 Å². The summed E-state index contributed by atoms with van der Waals surface area (Å²) in [6, 6.07) is 12.0. The van der Waals surface area contributed by atoms with Crippen molar-refractivity contribution < 1.29 is 19.4 Å². The van der Waals surface area contributed by atoms with Crippen LogP contribution in [-0.2, 0) is 14.3 Å². The van der Waals surface area contributed by atoms with Crippen molar-refractivity contribution in [2.75, 3.05) is 13.7 Å². The second kappa shape index (κ2) is 12.6. The third-order valence-electron chi connectivity index (χ3n) is 1.62. The molecule has 108 valence electrons. The quantitative estimate of drug-likeness (QED) is 0.822. The molecular formula is C14H23NO4. The minimum atomic E-state index is -1.04. The molecule has 2 N–H and O–H groups in total. The molecule has 0 aromatic heterocycles. The molecule has 5 nitrogen and oxygen atoms in total. The third-order valence-corrected chi connectivity index (χ3v) is 1.62. The van der Waals surface area contributed by atoms with Crippen LogP contribution in [0.25, 0.3) is 0 Å². The predicted octanol–water partition coefficient (Wildman–Crippen LogP) is 1.93. The summed E-state index contributed by atoms with van der Waals surface area (Å²) in [5, 5.41) is 9.79. The molecule has 0 bridgehead atoms. The summed E-state index contributed by atoms with van der Waals surface area (Å²) in [5.74, 6) is -1.04. The smallest absolute Gasteiger partial charge is 0.322 e. The molecule has 0 saturated carbocycles. The Bertz CT molecular complexity index is 293. The van der Waals surface area contributed by atoms with Crippen LogP contribution in [0.2, 0.25) is 0 Å². The van der Waals surface area contributed by atoms with E-state index in [1.807, 2.05) is 62.5 Å². The van der Waals surface area contributed by atoms with Gasteiger partial charge in [-0.25, -0.2) is 0 Å². The Morgan fingerprint density at radius 1 is 1.16 bits per heavy atom. The van der Waals surface area contributed by atoms with Crippen LogP contribution in [0.15, 0.2) is 36.4 Å². The number of nitrogens with one attached hydrogen (secondary N) is 1. The third kappa shape index (κ3) is 26.0. The summed E-state index contributed by atoms with van der Waals surface area (Å²) < 4.78 is 4.94. The first-order chi connectivity index (χ1) is 8.83. The van der Waals surface area contributed by atoms with Crippen LogP contribution >= 0.6 is 0 Å². The monoisotopic (exact) mass is 269 g/mol. The highest BCUT2D eigenvalue weighted by atomic mass is 16.5. The Hall–Kier alpha value is -1.88. The maximum atomic E-state index is 9.54. The number of aliphatic carboxylic acids is 1. The van der Waals surface area contributed by atoms with Crippen molar-refractivity contribution in [2.45, 2.75) is 26.4 Å². The van der Waals surface area contributed by atoms with Crippen LogP contribution in [0.3, 0.4) is 0 Å². The largest absolute Gasteiger partial charge is 0.480 e. The van der Waals surface area contributed by atoms with Crippen LogP contribution < -0.4 is 5.32 Å². The number of methoxy groups -OCH3 is 1. The highest BCUT2D eigenvalue weighted by molar-refractivity contribution is 5.71. The van der Waals surface area contributed by atoms with Crippen molar-refractivity contribution in [3.05, 3.63) is 36.4 Å². The number of hydrogen-bond donors (Lipinski definition) is 2. The SMILES string of the molecule is COC(C)(C)C.O=CNCC(=O)O.c1ccccc1. The maximum absolute atomic E-state index is 9.54. The lowest BCUT2D eigenvalue weighted by atomic mass is 10.2. The van der Waals surface area contributed by atoms with Gasteiger partial charge in [-0.15, -0.1) is 0 Å². The van der Waals surface area contributed by atoms with E-state index in [9.17, 15) is 9.59 Å². The van der Waals surface area contributed by atoms with Gasteiger partial charge in [-0.05, 0) is 20.8 Å². The van der Waals surface area contributed by atoms with Gasteiger partial charge in [-0.2, -0.15) is 0 Å². The molecule has 1 aromatic rings. The number of carbonyl (C=O) groups excluding carboxylic acids is 1. The highest BCUT2D eigenvalue weighted by Gasteiger charge is 2.03. The minimum absolute atomic E-state index is 0.0417. The molecule has 0 aliphatic carbocycles. The topological polar surface area (TPSA) is 75.6 Å². The van der Waals surface area contributed by atoms with Crippen molar-refractivity contribution in [1.82, 2.24) is 5.32 Å². The van der Waals surface area contributed by atoms with Crippen molar-refractivity contribution in [1.29, 1.82) is 0 Å². The van der Waals surface area contributed by atoms with Crippen LogP contribution in [0.4, 0.5) is 0 Å². The molecule has 0 aliphatic heterocycles. The van der Waals surface area contributed by atoms with Gasteiger partial charge in [0, 0.05) is 7.11 Å². The van der Waals surface area contributed by atoms with Gasteiger partial charge in [0.15, 0.2) is 0 Å². The fourth-order valence-corrected chi connectivity index (χ4v) is 0.514. The van der Waals surface area contributed by atoms with Crippen LogP contribution in [0.1, 0.15) is 20.8 Å². The molecule has 0 atom stereocenters. The summed E-state index contributed by atoms with van der Waals surface area (Å²) in [6.07, 6.45) is 0.341. The lowest BCUT2D eigenvalue weighted by molar-refractivity contribution is -0.136. The summed E-state index contributed by atoms with van der Waals surface area (Å²) >= 11 is 0. The number of carboxylic acids is 1. The normalized spacial score (nSPS) is 9.05. The average Bonchev–Trinajstić information content (AvgIpc) is 2.39. The van der Waals surface area contributed by atoms with Gasteiger partial charge < -0.3 is 15.2 Å². The molecular weight excluding hydrogens is 246 g/mol. The number of carbonyl (C=O) groups is 2. The Labute approximate surface area is 114 Å². The first-order valence-electron chi connectivity index (χ1n) is 5.77. The number of carboxylic acid groups (broad SMARTS) is 1. The number of rotatable bonds is 3. The number of hydrogen-bond acceptors (Lipinski definition) is 3. The predicted molar refractivity (Wildman–Crippen MR) is 74.9 cm³/mol. The summed E-state index contributed by atoms with van der Waals surface area (Å²) in [7, 11) is 1.71. The van der Waals surface area contributed by atoms with E-state index >= 15 is 0 Å². The van der Waals surface area contributed by atoms with E-state index in [1.165, 1.54) is 0 Å². The van der Waals surface area contributed by atoms with Gasteiger partial charge in [0.25, 0.3) is 0 Å². The fourth-order valence-electron chi connectivity index (χ4n) is 0.514. The summed E-state index contributed by atoms with van der Waals surface area (Å²) in [6.45, 7) is 5.76.